The second kappa shape index (κ2) is 5.25. The van der Waals surface area contributed by atoms with E-state index in [0.29, 0.717) is 13.0 Å². The molecule has 1 N–H and O–H groups in total. The van der Waals surface area contributed by atoms with Crippen molar-refractivity contribution >= 4 is 6.09 Å². The van der Waals surface area contributed by atoms with Crippen molar-refractivity contribution < 1.29 is 14.6 Å². The molecule has 0 unspecified atom stereocenters. The summed E-state index contributed by atoms with van der Waals surface area (Å²) in [5.74, 6) is 0.165. The van der Waals surface area contributed by atoms with Gasteiger partial charge in [-0.05, 0) is 40.5 Å². The molecular formula is C13H25NO3. The number of hydrogen-bond acceptors (Lipinski definition) is 3. The zero-order valence-electron chi connectivity index (χ0n) is 11.6. The lowest BCUT2D eigenvalue weighted by Crippen LogP contribution is -2.52. The van der Waals surface area contributed by atoms with Crippen LogP contribution in [0.1, 0.15) is 47.5 Å². The molecular weight excluding hydrogens is 218 g/mol. The molecule has 1 fully saturated rings. The molecule has 4 heteroatoms. The standard InChI is InChI=1S/C13H25NO3/c1-6-10-8-14(9(2)7-11(10)15)12(16)17-13(3,4)5/h9-11,15H,6-8H2,1-5H3/t9-,10+,11+/m1/s1. The third kappa shape index (κ3) is 3.87. The lowest BCUT2D eigenvalue weighted by atomic mass is 9.89. The number of carbonyl (C=O) groups excluding carboxylic acids is 1. The Bertz CT molecular complexity index is 272. The van der Waals surface area contributed by atoms with Crippen LogP contribution in [0, 0.1) is 5.92 Å². The Balaban J connectivity index is 2.66. The maximum Gasteiger partial charge on any atom is 0.410 e. The van der Waals surface area contributed by atoms with Gasteiger partial charge in [0.05, 0.1) is 6.10 Å². The predicted molar refractivity (Wildman–Crippen MR) is 66.8 cm³/mol. The Morgan fingerprint density at radius 3 is 2.53 bits per heavy atom. The predicted octanol–water partition coefficient (Wildman–Crippen LogP) is 2.40. The van der Waals surface area contributed by atoms with Crippen LogP contribution in [0.25, 0.3) is 0 Å². The summed E-state index contributed by atoms with van der Waals surface area (Å²) in [5.41, 5.74) is -0.464. The van der Waals surface area contributed by atoms with Gasteiger partial charge in [0.1, 0.15) is 5.60 Å². The van der Waals surface area contributed by atoms with E-state index in [-0.39, 0.29) is 24.2 Å². The quantitative estimate of drug-likeness (QED) is 0.769. The van der Waals surface area contributed by atoms with Gasteiger partial charge in [-0.1, -0.05) is 6.92 Å². The summed E-state index contributed by atoms with van der Waals surface area (Å²) in [7, 11) is 0. The van der Waals surface area contributed by atoms with E-state index in [1.54, 1.807) is 4.90 Å². The topological polar surface area (TPSA) is 49.8 Å². The number of amides is 1. The van der Waals surface area contributed by atoms with Gasteiger partial charge >= 0.3 is 6.09 Å². The van der Waals surface area contributed by atoms with Crippen LogP contribution in [0.3, 0.4) is 0 Å². The fourth-order valence-electron chi connectivity index (χ4n) is 2.20. The normalized spacial score (nSPS) is 30.2. The second-order valence-corrected chi connectivity index (χ2v) is 5.95. The SMILES string of the molecule is CC[C@H]1CN(C(=O)OC(C)(C)C)[C@H](C)C[C@@H]1O. The molecule has 1 rings (SSSR count). The molecule has 0 aromatic carbocycles. The molecule has 17 heavy (non-hydrogen) atoms. The van der Waals surface area contributed by atoms with Crippen molar-refractivity contribution in [3.05, 3.63) is 0 Å². The van der Waals surface area contributed by atoms with E-state index in [9.17, 15) is 9.90 Å². The number of piperidine rings is 1. The van der Waals surface area contributed by atoms with Crippen molar-refractivity contribution in [1.82, 2.24) is 4.90 Å². The maximum absolute atomic E-state index is 12.0. The average Bonchev–Trinajstić information content (AvgIpc) is 2.14. The highest BCUT2D eigenvalue weighted by Crippen LogP contribution is 2.26. The van der Waals surface area contributed by atoms with Gasteiger partial charge in [0, 0.05) is 18.5 Å². The van der Waals surface area contributed by atoms with Crippen molar-refractivity contribution in [2.45, 2.75) is 65.2 Å². The molecule has 0 radical (unpaired) electrons. The number of ether oxygens (including phenoxy) is 1. The van der Waals surface area contributed by atoms with E-state index < -0.39 is 5.60 Å². The average molecular weight is 243 g/mol. The summed E-state index contributed by atoms with van der Waals surface area (Å²) in [6, 6.07) is 0.0441. The number of aliphatic hydroxyl groups excluding tert-OH is 1. The van der Waals surface area contributed by atoms with Crippen molar-refractivity contribution in [1.29, 1.82) is 0 Å². The van der Waals surface area contributed by atoms with Gasteiger partial charge in [-0.15, -0.1) is 0 Å². The monoisotopic (exact) mass is 243 g/mol. The van der Waals surface area contributed by atoms with Crippen LogP contribution in [-0.4, -0.2) is 40.4 Å². The fraction of sp³-hybridized carbons (Fsp3) is 0.923. The van der Waals surface area contributed by atoms with Crippen LogP contribution in [-0.2, 0) is 4.74 Å². The van der Waals surface area contributed by atoms with E-state index in [0.717, 1.165) is 6.42 Å². The minimum absolute atomic E-state index is 0.0441. The third-order valence-corrected chi connectivity index (χ3v) is 3.24. The van der Waals surface area contributed by atoms with E-state index >= 15 is 0 Å². The third-order valence-electron chi connectivity index (χ3n) is 3.24. The summed E-state index contributed by atoms with van der Waals surface area (Å²) in [4.78, 5) is 13.8. The molecule has 0 aromatic heterocycles. The zero-order chi connectivity index (χ0) is 13.2. The van der Waals surface area contributed by atoms with E-state index in [1.807, 2.05) is 34.6 Å². The Hall–Kier alpha value is -0.770. The highest BCUT2D eigenvalue weighted by molar-refractivity contribution is 5.68. The fourth-order valence-corrected chi connectivity index (χ4v) is 2.20. The van der Waals surface area contributed by atoms with E-state index in [4.69, 9.17) is 4.74 Å². The Morgan fingerprint density at radius 1 is 1.47 bits per heavy atom. The maximum atomic E-state index is 12.0. The molecule has 1 saturated heterocycles. The summed E-state index contributed by atoms with van der Waals surface area (Å²) in [6.45, 7) is 10.2. The summed E-state index contributed by atoms with van der Waals surface area (Å²) in [5, 5.41) is 9.89. The van der Waals surface area contributed by atoms with Gasteiger partial charge in [0.2, 0.25) is 0 Å². The molecule has 1 aliphatic heterocycles. The van der Waals surface area contributed by atoms with Crippen molar-refractivity contribution in [2.75, 3.05) is 6.54 Å². The molecule has 3 atom stereocenters. The van der Waals surface area contributed by atoms with Crippen LogP contribution in [0.4, 0.5) is 4.79 Å². The molecule has 100 valence electrons. The first-order chi connectivity index (χ1) is 7.74. The summed E-state index contributed by atoms with van der Waals surface area (Å²) >= 11 is 0. The first-order valence-corrected chi connectivity index (χ1v) is 6.42. The molecule has 1 amide bonds. The number of rotatable bonds is 1. The number of aliphatic hydroxyl groups is 1. The number of likely N-dealkylation sites (tertiary alicyclic amines) is 1. The van der Waals surface area contributed by atoms with E-state index in [1.165, 1.54) is 0 Å². The highest BCUT2D eigenvalue weighted by Gasteiger charge is 2.35. The number of hydrogen-bond donors (Lipinski definition) is 1. The lowest BCUT2D eigenvalue weighted by molar-refractivity contribution is -0.0271. The largest absolute Gasteiger partial charge is 0.444 e. The van der Waals surface area contributed by atoms with Crippen molar-refractivity contribution in [3.8, 4) is 0 Å². The molecule has 0 spiro atoms. The molecule has 0 aliphatic carbocycles. The Labute approximate surface area is 104 Å². The van der Waals surface area contributed by atoms with Gasteiger partial charge in [0.15, 0.2) is 0 Å². The van der Waals surface area contributed by atoms with Gasteiger partial charge in [0.25, 0.3) is 0 Å². The Morgan fingerprint density at radius 2 is 2.06 bits per heavy atom. The number of carbonyl (C=O) groups is 1. The molecule has 1 aliphatic rings. The van der Waals surface area contributed by atoms with Crippen LogP contribution in [0.15, 0.2) is 0 Å². The summed E-state index contributed by atoms with van der Waals surface area (Å²) in [6.07, 6.45) is 0.953. The summed E-state index contributed by atoms with van der Waals surface area (Å²) < 4.78 is 5.38. The first kappa shape index (κ1) is 14.3. The van der Waals surface area contributed by atoms with Crippen molar-refractivity contribution in [3.63, 3.8) is 0 Å². The smallest absolute Gasteiger partial charge is 0.410 e. The lowest BCUT2D eigenvalue weighted by Gasteiger charge is -2.41. The molecule has 4 nitrogen and oxygen atoms in total. The molecule has 0 bridgehead atoms. The van der Waals surface area contributed by atoms with Crippen LogP contribution in [0.2, 0.25) is 0 Å². The van der Waals surface area contributed by atoms with E-state index in [2.05, 4.69) is 0 Å². The van der Waals surface area contributed by atoms with Gasteiger partial charge in [-0.25, -0.2) is 4.79 Å². The minimum atomic E-state index is -0.464. The van der Waals surface area contributed by atoms with Crippen LogP contribution < -0.4 is 0 Å². The van der Waals surface area contributed by atoms with Crippen molar-refractivity contribution in [2.24, 2.45) is 5.92 Å². The van der Waals surface area contributed by atoms with Gasteiger partial charge in [-0.2, -0.15) is 0 Å². The highest BCUT2D eigenvalue weighted by atomic mass is 16.6. The number of nitrogens with zero attached hydrogens (tertiary/aromatic N) is 1. The second-order valence-electron chi connectivity index (χ2n) is 5.95. The minimum Gasteiger partial charge on any atom is -0.444 e. The van der Waals surface area contributed by atoms with Gasteiger partial charge in [-0.3, -0.25) is 0 Å². The zero-order valence-corrected chi connectivity index (χ0v) is 11.6. The van der Waals surface area contributed by atoms with Crippen LogP contribution in [0.5, 0.6) is 0 Å². The molecule has 0 saturated carbocycles. The first-order valence-electron chi connectivity index (χ1n) is 6.42. The molecule has 1 heterocycles. The van der Waals surface area contributed by atoms with Crippen LogP contribution >= 0.6 is 0 Å². The van der Waals surface area contributed by atoms with Gasteiger partial charge < -0.3 is 14.7 Å². The molecule has 0 aromatic rings. The Kier molecular flexibility index (Phi) is 4.42.